The van der Waals surface area contributed by atoms with Gasteiger partial charge in [0.2, 0.25) is 0 Å². The minimum Gasteiger partial charge on any atom is -0.378 e. The van der Waals surface area contributed by atoms with E-state index in [4.69, 9.17) is 4.74 Å². The van der Waals surface area contributed by atoms with E-state index in [1.54, 1.807) is 10.9 Å². The molecule has 6 nitrogen and oxygen atoms in total. The molecule has 2 heterocycles. The molecular formula is C21H21BrN4O2. The van der Waals surface area contributed by atoms with Crippen molar-refractivity contribution in [2.75, 3.05) is 36.5 Å². The zero-order valence-electron chi connectivity index (χ0n) is 15.6. The van der Waals surface area contributed by atoms with Crippen LogP contribution in [-0.2, 0) is 4.74 Å². The second kappa shape index (κ2) is 8.16. The van der Waals surface area contributed by atoms with E-state index in [0.29, 0.717) is 18.8 Å². The van der Waals surface area contributed by atoms with Crippen molar-refractivity contribution in [1.29, 1.82) is 0 Å². The molecule has 1 aliphatic heterocycles. The van der Waals surface area contributed by atoms with E-state index < -0.39 is 0 Å². The number of carbonyl (C=O) groups excluding carboxylic acids is 1. The molecular weight excluding hydrogens is 420 g/mol. The van der Waals surface area contributed by atoms with Gasteiger partial charge in [0.1, 0.15) is 0 Å². The SMILES string of the molecule is Cc1c(C(=O)Nc2cc(Br)ccc2N2CCOCC2)cnn1-c1ccccc1. The van der Waals surface area contributed by atoms with Crippen LogP contribution < -0.4 is 10.2 Å². The highest BCUT2D eigenvalue weighted by Gasteiger charge is 2.19. The molecule has 1 saturated heterocycles. The van der Waals surface area contributed by atoms with Crippen LogP contribution >= 0.6 is 15.9 Å². The van der Waals surface area contributed by atoms with Crippen LogP contribution in [0.4, 0.5) is 11.4 Å². The van der Waals surface area contributed by atoms with E-state index in [1.807, 2.05) is 55.5 Å². The number of amides is 1. The summed E-state index contributed by atoms with van der Waals surface area (Å²) in [4.78, 5) is 15.2. The van der Waals surface area contributed by atoms with Crippen LogP contribution in [0.2, 0.25) is 0 Å². The molecule has 2 aromatic carbocycles. The van der Waals surface area contributed by atoms with Gasteiger partial charge in [0.25, 0.3) is 5.91 Å². The van der Waals surface area contributed by atoms with Crippen LogP contribution in [0.3, 0.4) is 0 Å². The van der Waals surface area contributed by atoms with E-state index in [0.717, 1.165) is 40.3 Å². The number of ether oxygens (including phenoxy) is 1. The van der Waals surface area contributed by atoms with Gasteiger partial charge in [0.05, 0.1) is 47.7 Å². The number of benzene rings is 2. The molecule has 7 heteroatoms. The summed E-state index contributed by atoms with van der Waals surface area (Å²) < 4.78 is 8.14. The maximum atomic E-state index is 13.0. The Morgan fingerprint density at radius 2 is 1.89 bits per heavy atom. The van der Waals surface area contributed by atoms with Crippen molar-refractivity contribution >= 4 is 33.2 Å². The number of nitrogens with one attached hydrogen (secondary N) is 1. The van der Waals surface area contributed by atoms with Crippen LogP contribution in [0.5, 0.6) is 0 Å². The highest BCUT2D eigenvalue weighted by atomic mass is 79.9. The maximum Gasteiger partial charge on any atom is 0.259 e. The molecule has 28 heavy (non-hydrogen) atoms. The van der Waals surface area contributed by atoms with Crippen molar-refractivity contribution in [3.05, 3.63) is 70.5 Å². The summed E-state index contributed by atoms with van der Waals surface area (Å²) in [5.74, 6) is -0.174. The molecule has 0 radical (unpaired) electrons. The number of morpholine rings is 1. The van der Waals surface area contributed by atoms with Crippen molar-refractivity contribution in [3.8, 4) is 5.69 Å². The average Bonchev–Trinajstić information content (AvgIpc) is 3.11. The molecule has 1 amide bonds. The molecule has 0 atom stereocenters. The van der Waals surface area contributed by atoms with E-state index in [2.05, 4.69) is 31.2 Å². The lowest BCUT2D eigenvalue weighted by molar-refractivity contribution is 0.102. The largest absolute Gasteiger partial charge is 0.378 e. The first-order valence-corrected chi connectivity index (χ1v) is 9.96. The normalized spacial score (nSPS) is 14.1. The van der Waals surface area contributed by atoms with Gasteiger partial charge in [-0.1, -0.05) is 34.1 Å². The predicted molar refractivity (Wildman–Crippen MR) is 113 cm³/mol. The number of carbonyl (C=O) groups is 1. The Labute approximate surface area is 172 Å². The second-order valence-electron chi connectivity index (χ2n) is 6.61. The van der Waals surface area contributed by atoms with Crippen LogP contribution in [0.15, 0.2) is 59.2 Å². The summed E-state index contributed by atoms with van der Waals surface area (Å²) in [6.45, 7) is 4.88. The van der Waals surface area contributed by atoms with Gasteiger partial charge in [0, 0.05) is 17.6 Å². The van der Waals surface area contributed by atoms with E-state index in [1.165, 1.54) is 0 Å². The summed E-state index contributed by atoms with van der Waals surface area (Å²) in [6, 6.07) is 15.7. The van der Waals surface area contributed by atoms with Crippen LogP contribution in [0.1, 0.15) is 16.1 Å². The number of hydrogen-bond donors (Lipinski definition) is 1. The Morgan fingerprint density at radius 3 is 2.64 bits per heavy atom. The van der Waals surface area contributed by atoms with Crippen molar-refractivity contribution < 1.29 is 9.53 Å². The third kappa shape index (κ3) is 3.81. The van der Waals surface area contributed by atoms with Gasteiger partial charge in [-0.15, -0.1) is 0 Å². The Balaban J connectivity index is 1.61. The molecule has 1 N–H and O–H groups in total. The smallest absolute Gasteiger partial charge is 0.259 e. The molecule has 0 saturated carbocycles. The van der Waals surface area contributed by atoms with Crippen molar-refractivity contribution in [2.24, 2.45) is 0 Å². The van der Waals surface area contributed by atoms with Gasteiger partial charge in [0.15, 0.2) is 0 Å². The number of aromatic nitrogens is 2. The third-order valence-electron chi connectivity index (χ3n) is 4.81. The fraction of sp³-hybridized carbons (Fsp3) is 0.238. The lowest BCUT2D eigenvalue weighted by Gasteiger charge is -2.30. The Hall–Kier alpha value is -2.64. The average molecular weight is 441 g/mol. The summed E-state index contributed by atoms with van der Waals surface area (Å²) in [5.41, 5.74) is 4.04. The molecule has 0 bridgehead atoms. The maximum absolute atomic E-state index is 13.0. The minimum absolute atomic E-state index is 0.174. The molecule has 3 aromatic rings. The molecule has 1 aromatic heterocycles. The predicted octanol–water partition coefficient (Wildman–Crippen LogP) is 4.03. The van der Waals surface area contributed by atoms with Gasteiger partial charge in [-0.25, -0.2) is 4.68 Å². The zero-order chi connectivity index (χ0) is 19.5. The van der Waals surface area contributed by atoms with Crippen molar-refractivity contribution in [2.45, 2.75) is 6.92 Å². The Morgan fingerprint density at radius 1 is 1.14 bits per heavy atom. The van der Waals surface area contributed by atoms with Crippen molar-refractivity contribution in [3.63, 3.8) is 0 Å². The number of hydrogen-bond acceptors (Lipinski definition) is 4. The molecule has 4 rings (SSSR count). The van der Waals surface area contributed by atoms with Gasteiger partial charge < -0.3 is 15.0 Å². The Kier molecular flexibility index (Phi) is 5.45. The van der Waals surface area contributed by atoms with Gasteiger partial charge >= 0.3 is 0 Å². The summed E-state index contributed by atoms with van der Waals surface area (Å²) >= 11 is 3.50. The molecule has 0 unspecified atom stereocenters. The highest BCUT2D eigenvalue weighted by molar-refractivity contribution is 9.10. The second-order valence-corrected chi connectivity index (χ2v) is 7.52. The monoisotopic (exact) mass is 440 g/mol. The van der Waals surface area contributed by atoms with E-state index in [-0.39, 0.29) is 5.91 Å². The fourth-order valence-corrected chi connectivity index (χ4v) is 3.70. The lowest BCUT2D eigenvalue weighted by Crippen LogP contribution is -2.36. The van der Waals surface area contributed by atoms with Crippen LogP contribution in [-0.4, -0.2) is 42.0 Å². The Bertz CT molecular complexity index is 981. The number of rotatable bonds is 4. The zero-order valence-corrected chi connectivity index (χ0v) is 17.1. The highest BCUT2D eigenvalue weighted by Crippen LogP contribution is 2.30. The number of nitrogens with zero attached hydrogens (tertiary/aromatic N) is 3. The summed E-state index contributed by atoms with van der Waals surface area (Å²) in [7, 11) is 0. The number of para-hydroxylation sites is 1. The first kappa shape index (κ1) is 18.7. The molecule has 1 aliphatic rings. The number of halogens is 1. The van der Waals surface area contributed by atoms with Crippen LogP contribution in [0.25, 0.3) is 5.69 Å². The van der Waals surface area contributed by atoms with Crippen LogP contribution in [0, 0.1) is 6.92 Å². The van der Waals surface area contributed by atoms with Gasteiger partial charge in [-0.2, -0.15) is 5.10 Å². The third-order valence-corrected chi connectivity index (χ3v) is 5.31. The van der Waals surface area contributed by atoms with E-state index >= 15 is 0 Å². The molecule has 144 valence electrons. The fourth-order valence-electron chi connectivity index (χ4n) is 3.34. The molecule has 0 spiro atoms. The number of anilines is 2. The lowest BCUT2D eigenvalue weighted by atomic mass is 10.2. The first-order valence-electron chi connectivity index (χ1n) is 9.17. The van der Waals surface area contributed by atoms with E-state index in [9.17, 15) is 4.79 Å². The molecule has 0 aliphatic carbocycles. The summed E-state index contributed by atoms with van der Waals surface area (Å²) in [5, 5.41) is 7.46. The topological polar surface area (TPSA) is 59.4 Å². The quantitative estimate of drug-likeness (QED) is 0.664. The standard InChI is InChI=1S/C21H21BrN4O2/c1-15-18(14-23-26(15)17-5-3-2-4-6-17)21(27)24-19-13-16(22)7-8-20(19)25-9-11-28-12-10-25/h2-8,13-14H,9-12H2,1H3,(H,24,27). The first-order chi connectivity index (χ1) is 13.6. The summed E-state index contributed by atoms with van der Waals surface area (Å²) in [6.07, 6.45) is 1.62. The van der Waals surface area contributed by atoms with Crippen molar-refractivity contribution in [1.82, 2.24) is 9.78 Å². The van der Waals surface area contributed by atoms with Gasteiger partial charge in [-0.3, -0.25) is 4.79 Å². The minimum atomic E-state index is -0.174. The van der Waals surface area contributed by atoms with Gasteiger partial charge in [-0.05, 0) is 37.3 Å². The molecule has 1 fully saturated rings.